The Bertz CT molecular complexity index is 777. The molecule has 5 nitrogen and oxygen atoms in total. The average molecular weight is 365 g/mol. The summed E-state index contributed by atoms with van der Waals surface area (Å²) in [5.41, 5.74) is 4.21. The molecule has 7 heteroatoms. The van der Waals surface area contributed by atoms with Gasteiger partial charge in [0, 0.05) is 33.3 Å². The summed E-state index contributed by atoms with van der Waals surface area (Å²) in [6, 6.07) is 4.64. The third-order valence-corrected chi connectivity index (χ3v) is 4.12. The fourth-order valence-electron chi connectivity index (χ4n) is 2.56. The van der Waals surface area contributed by atoms with Gasteiger partial charge in [-0.2, -0.15) is 5.48 Å². The number of hydrogen-bond acceptors (Lipinski definition) is 3. The second-order valence-electron chi connectivity index (χ2n) is 5.32. The lowest BCUT2D eigenvalue weighted by atomic mass is 9.96. The number of rotatable bonds is 4. The van der Waals surface area contributed by atoms with Gasteiger partial charge >= 0.3 is 0 Å². The van der Waals surface area contributed by atoms with Gasteiger partial charge in [0.1, 0.15) is 0 Å². The Kier molecular flexibility index (Phi) is 4.92. The van der Waals surface area contributed by atoms with Crippen molar-refractivity contribution >= 4 is 35.0 Å². The summed E-state index contributed by atoms with van der Waals surface area (Å²) in [5.74, 6) is 0.0642. The fraction of sp³-hybridized carbons (Fsp3) is 0.176. The first kappa shape index (κ1) is 16.6. The molecule has 1 aromatic carbocycles. The molecule has 0 radical (unpaired) electrons. The van der Waals surface area contributed by atoms with Crippen LogP contribution in [0, 0.1) is 0 Å². The summed E-state index contributed by atoms with van der Waals surface area (Å²) in [5, 5.41) is 3.56. The van der Waals surface area contributed by atoms with Crippen molar-refractivity contribution in [2.24, 2.45) is 0 Å². The first-order valence-corrected chi connectivity index (χ1v) is 8.11. The molecule has 1 aliphatic heterocycles. The van der Waals surface area contributed by atoms with E-state index in [-0.39, 0.29) is 11.8 Å². The molecule has 0 aromatic heterocycles. The molecule has 1 aromatic rings. The molecule has 0 bridgehead atoms. The largest absolute Gasteiger partial charge is 0.379 e. The topological polar surface area (TPSA) is 67.4 Å². The van der Waals surface area contributed by atoms with Gasteiger partial charge in [0.25, 0.3) is 11.8 Å². The maximum Gasteiger partial charge on any atom is 0.280 e. The lowest BCUT2D eigenvalue weighted by Gasteiger charge is -2.24. The van der Waals surface area contributed by atoms with E-state index in [0.29, 0.717) is 46.3 Å². The minimum Gasteiger partial charge on any atom is -0.379 e. The summed E-state index contributed by atoms with van der Waals surface area (Å²) in [6.45, 7) is 0.312. The van der Waals surface area contributed by atoms with E-state index in [4.69, 9.17) is 28.0 Å². The number of allylic oxidation sites excluding steroid dienone is 4. The number of carbonyl (C=O) groups is 2. The van der Waals surface area contributed by atoms with Crippen LogP contribution >= 0.6 is 23.2 Å². The van der Waals surface area contributed by atoms with Crippen LogP contribution in [0.15, 0.2) is 53.3 Å². The Labute approximate surface area is 148 Å². The lowest BCUT2D eigenvalue weighted by molar-refractivity contribution is -0.128. The molecule has 2 N–H and O–H groups in total. The highest BCUT2D eigenvalue weighted by Crippen LogP contribution is 2.28. The quantitative estimate of drug-likeness (QED) is 0.860. The van der Waals surface area contributed by atoms with Gasteiger partial charge in [-0.05, 0) is 37.1 Å². The molecule has 0 atom stereocenters. The number of nitrogens with one attached hydrogen (secondary N) is 2. The third-order valence-electron chi connectivity index (χ3n) is 3.68. The van der Waals surface area contributed by atoms with Crippen molar-refractivity contribution in [3.8, 4) is 0 Å². The molecule has 1 aliphatic carbocycles. The van der Waals surface area contributed by atoms with Gasteiger partial charge in [-0.15, -0.1) is 0 Å². The Morgan fingerprint density at radius 2 is 2.00 bits per heavy atom. The van der Waals surface area contributed by atoms with Crippen molar-refractivity contribution in [1.29, 1.82) is 0 Å². The van der Waals surface area contributed by atoms with Gasteiger partial charge < -0.3 is 10.2 Å². The van der Waals surface area contributed by atoms with Gasteiger partial charge in [0.05, 0.1) is 0 Å². The van der Waals surface area contributed by atoms with Crippen molar-refractivity contribution in [2.45, 2.75) is 12.8 Å². The van der Waals surface area contributed by atoms with E-state index in [2.05, 4.69) is 10.8 Å². The van der Waals surface area contributed by atoms with Crippen LogP contribution < -0.4 is 10.8 Å². The second kappa shape index (κ2) is 7.11. The van der Waals surface area contributed by atoms with Crippen molar-refractivity contribution < 1.29 is 14.4 Å². The molecule has 0 unspecified atom stereocenters. The lowest BCUT2D eigenvalue weighted by Crippen LogP contribution is -2.34. The smallest absolute Gasteiger partial charge is 0.280 e. The van der Waals surface area contributed by atoms with E-state index in [0.717, 1.165) is 5.57 Å². The summed E-state index contributed by atoms with van der Waals surface area (Å²) in [7, 11) is 0. The summed E-state index contributed by atoms with van der Waals surface area (Å²) in [6.07, 6.45) is 6.65. The van der Waals surface area contributed by atoms with Crippen LogP contribution in [0.5, 0.6) is 0 Å². The molecule has 0 saturated heterocycles. The molecular formula is C17H14Cl2N2O3. The van der Waals surface area contributed by atoms with Crippen LogP contribution in [-0.2, 0) is 9.63 Å². The van der Waals surface area contributed by atoms with Gasteiger partial charge in [-0.1, -0.05) is 35.4 Å². The predicted octanol–water partition coefficient (Wildman–Crippen LogP) is 3.32. The van der Waals surface area contributed by atoms with Gasteiger partial charge in [-0.3, -0.25) is 9.59 Å². The van der Waals surface area contributed by atoms with E-state index in [9.17, 15) is 9.59 Å². The molecule has 2 amide bonds. The Morgan fingerprint density at radius 3 is 2.75 bits per heavy atom. The standard InChI is InChI=1S/C17H14Cl2N2O3/c18-11-7-10(8-12(19)9-11)16(22)20-6-5-14-13-3-1-2-4-15(13)24-21-17(14)23/h1-2,4,7-9H,3,5-6H2,(H,20,22)(H,21,23). The monoisotopic (exact) mass is 364 g/mol. The highest BCUT2D eigenvalue weighted by atomic mass is 35.5. The Morgan fingerprint density at radius 1 is 1.25 bits per heavy atom. The van der Waals surface area contributed by atoms with Crippen LogP contribution in [0.2, 0.25) is 10.0 Å². The van der Waals surface area contributed by atoms with Crippen molar-refractivity contribution in [2.75, 3.05) is 6.54 Å². The number of hydroxylamine groups is 1. The highest BCUT2D eigenvalue weighted by Gasteiger charge is 2.25. The first-order valence-electron chi connectivity index (χ1n) is 7.35. The maximum atomic E-state index is 12.2. The number of hydrogen-bond donors (Lipinski definition) is 2. The van der Waals surface area contributed by atoms with Crippen LogP contribution in [0.25, 0.3) is 0 Å². The third kappa shape index (κ3) is 3.63. The van der Waals surface area contributed by atoms with Gasteiger partial charge in [-0.25, -0.2) is 0 Å². The number of benzene rings is 1. The normalized spacial score (nSPS) is 16.1. The Hall–Kier alpha value is -2.24. The fourth-order valence-corrected chi connectivity index (χ4v) is 3.09. The molecule has 24 heavy (non-hydrogen) atoms. The first-order chi connectivity index (χ1) is 11.5. The van der Waals surface area contributed by atoms with Crippen molar-refractivity contribution in [3.63, 3.8) is 0 Å². The van der Waals surface area contributed by atoms with Crippen molar-refractivity contribution in [1.82, 2.24) is 10.8 Å². The second-order valence-corrected chi connectivity index (χ2v) is 6.19. The highest BCUT2D eigenvalue weighted by molar-refractivity contribution is 6.35. The average Bonchev–Trinajstić information content (AvgIpc) is 2.56. The van der Waals surface area contributed by atoms with E-state index < -0.39 is 0 Å². The number of carbonyl (C=O) groups excluding carboxylic acids is 2. The number of amides is 2. The van der Waals surface area contributed by atoms with Crippen LogP contribution in [0.1, 0.15) is 23.2 Å². The minimum absolute atomic E-state index is 0.280. The summed E-state index contributed by atoms with van der Waals surface area (Å²) in [4.78, 5) is 29.3. The SMILES string of the molecule is O=C1NOC2=CC=CCC2=C1CCNC(=O)c1cc(Cl)cc(Cl)c1. The Balaban J connectivity index is 1.66. The van der Waals surface area contributed by atoms with E-state index >= 15 is 0 Å². The molecular weight excluding hydrogens is 351 g/mol. The van der Waals surface area contributed by atoms with Crippen LogP contribution in [0.3, 0.4) is 0 Å². The summed E-state index contributed by atoms with van der Waals surface area (Å²) >= 11 is 11.8. The number of halogens is 2. The van der Waals surface area contributed by atoms with E-state index in [1.807, 2.05) is 12.2 Å². The molecule has 1 heterocycles. The van der Waals surface area contributed by atoms with E-state index in [1.165, 1.54) is 0 Å². The van der Waals surface area contributed by atoms with Crippen LogP contribution in [-0.4, -0.2) is 18.4 Å². The molecule has 0 saturated carbocycles. The molecule has 0 fully saturated rings. The van der Waals surface area contributed by atoms with Gasteiger partial charge in [0.15, 0.2) is 5.76 Å². The zero-order valence-corrected chi connectivity index (χ0v) is 14.1. The molecule has 0 spiro atoms. The summed E-state index contributed by atoms with van der Waals surface area (Å²) < 4.78 is 0. The number of fused-ring (bicyclic) bond motifs is 1. The van der Waals surface area contributed by atoms with Crippen LogP contribution in [0.4, 0.5) is 0 Å². The van der Waals surface area contributed by atoms with Gasteiger partial charge in [0.2, 0.25) is 0 Å². The maximum absolute atomic E-state index is 12.2. The zero-order chi connectivity index (χ0) is 17.1. The zero-order valence-electron chi connectivity index (χ0n) is 12.6. The van der Waals surface area contributed by atoms with Crippen molar-refractivity contribution in [3.05, 3.63) is 68.9 Å². The molecule has 3 rings (SSSR count). The molecule has 2 aliphatic rings. The van der Waals surface area contributed by atoms with E-state index in [1.54, 1.807) is 24.3 Å². The predicted molar refractivity (Wildman–Crippen MR) is 91.5 cm³/mol. The molecule has 124 valence electrons. The minimum atomic E-state index is -0.295.